The standard InChI is InChI=1S/C21H14F3N3O2/c22-21(23,24)29-14-6-1-4-12(10-14)20(28)26-13-5-2-7-15-16-8-3-9-17(25)19(16)27-18(15)11-13/h1-11,27H,25H2. The second-order valence-corrected chi connectivity index (χ2v) is 6.31. The van der Waals surface area contributed by atoms with E-state index in [2.05, 4.69) is 14.7 Å². The molecule has 5 nitrogen and oxygen atoms in total. The van der Waals surface area contributed by atoms with Gasteiger partial charge in [-0.3, -0.25) is 4.79 Å². The average molecular weight is 397 g/mol. The molecule has 0 atom stereocenters. The van der Waals surface area contributed by atoms with Gasteiger partial charge in [-0.05, 0) is 36.4 Å². The Morgan fingerprint density at radius 2 is 1.69 bits per heavy atom. The van der Waals surface area contributed by atoms with Gasteiger partial charge in [0.1, 0.15) is 5.75 Å². The van der Waals surface area contributed by atoms with Crippen molar-refractivity contribution in [1.29, 1.82) is 0 Å². The topological polar surface area (TPSA) is 80.5 Å². The molecule has 0 radical (unpaired) electrons. The second kappa shape index (κ2) is 6.97. The number of rotatable bonds is 2. The average Bonchev–Trinajstić information content (AvgIpc) is 2.87. The number of amides is 1. The van der Waals surface area contributed by atoms with Crippen LogP contribution in [0.5, 0.6) is 5.75 Å². The molecule has 3 N–H and O–H groups in total. The van der Waals surface area contributed by atoms with Crippen LogP contribution in [0.4, 0.5) is 18.9 Å². The number of hydrogen-bond donors (Lipinski definition) is 2. The van der Waals surface area contributed by atoms with E-state index in [0.717, 1.165) is 33.9 Å². The predicted octanol–water partition coefficient (Wildman–Crippen LogP) is 4.54. The Kier molecular flexibility index (Phi) is 4.46. The van der Waals surface area contributed by atoms with E-state index in [4.69, 9.17) is 5.73 Å². The van der Waals surface area contributed by atoms with Gasteiger partial charge in [-0.1, -0.05) is 30.3 Å². The molecular formula is C21H14F3N3O2. The Labute approximate surface area is 162 Å². The second-order valence-electron chi connectivity index (χ2n) is 6.31. The first-order valence-corrected chi connectivity index (χ1v) is 8.55. The molecule has 0 saturated heterocycles. The van der Waals surface area contributed by atoms with Gasteiger partial charge >= 0.3 is 6.36 Å². The number of nitrogen functional groups attached to an aromatic ring is 1. The predicted molar refractivity (Wildman–Crippen MR) is 103 cm³/mol. The van der Waals surface area contributed by atoms with E-state index in [-0.39, 0.29) is 5.56 Å². The van der Waals surface area contributed by atoms with Crippen molar-refractivity contribution in [2.75, 3.05) is 5.73 Å². The SMILES string of the molecule is Nc1cccc2c1[nH]c1cc(=NC(=O)c3cccc(OC(F)(F)F)c3)cccc12. The van der Waals surface area contributed by atoms with Crippen LogP contribution in [0.15, 0.2) is 71.7 Å². The zero-order valence-electron chi connectivity index (χ0n) is 14.8. The van der Waals surface area contributed by atoms with Gasteiger partial charge in [0.05, 0.1) is 16.6 Å². The Balaban J connectivity index is 1.76. The molecule has 0 saturated carbocycles. The molecule has 0 spiro atoms. The number of halogens is 3. The van der Waals surface area contributed by atoms with Crippen LogP contribution in [0.2, 0.25) is 0 Å². The highest BCUT2D eigenvalue weighted by molar-refractivity contribution is 6.10. The number of aromatic amines is 1. The summed E-state index contributed by atoms with van der Waals surface area (Å²) in [4.78, 5) is 19.7. The van der Waals surface area contributed by atoms with E-state index < -0.39 is 18.0 Å². The summed E-state index contributed by atoms with van der Waals surface area (Å²) in [5.74, 6) is -1.17. The molecule has 0 fully saturated rings. The lowest BCUT2D eigenvalue weighted by atomic mass is 10.2. The number of hydrogen-bond acceptors (Lipinski definition) is 3. The molecule has 8 heteroatoms. The first kappa shape index (κ1) is 18.5. The summed E-state index contributed by atoms with van der Waals surface area (Å²) in [5, 5.41) is 2.18. The lowest BCUT2D eigenvalue weighted by Gasteiger charge is -2.08. The molecule has 0 aliphatic rings. The van der Waals surface area contributed by atoms with Crippen molar-refractivity contribution < 1.29 is 22.7 Å². The monoisotopic (exact) mass is 397 g/mol. The van der Waals surface area contributed by atoms with Gasteiger partial charge in [0.2, 0.25) is 0 Å². The molecule has 0 unspecified atom stereocenters. The van der Waals surface area contributed by atoms with Crippen LogP contribution in [-0.2, 0) is 0 Å². The molecule has 146 valence electrons. The van der Waals surface area contributed by atoms with Crippen molar-refractivity contribution in [3.8, 4) is 5.75 Å². The summed E-state index contributed by atoms with van der Waals surface area (Å²) in [7, 11) is 0. The van der Waals surface area contributed by atoms with Crippen molar-refractivity contribution >= 4 is 33.4 Å². The van der Waals surface area contributed by atoms with Gasteiger partial charge in [-0.25, -0.2) is 4.99 Å². The highest BCUT2D eigenvalue weighted by Gasteiger charge is 2.31. The van der Waals surface area contributed by atoms with Crippen LogP contribution in [0.25, 0.3) is 21.8 Å². The number of alkyl halides is 3. The largest absolute Gasteiger partial charge is 0.573 e. The Morgan fingerprint density at radius 3 is 2.48 bits per heavy atom. The zero-order valence-corrected chi connectivity index (χ0v) is 14.8. The number of H-pyrrole nitrogens is 1. The Hall–Kier alpha value is -3.81. The van der Waals surface area contributed by atoms with Crippen LogP contribution >= 0.6 is 0 Å². The fourth-order valence-electron chi connectivity index (χ4n) is 3.09. The normalized spacial score (nSPS) is 12.4. The molecule has 0 aliphatic heterocycles. The maximum Gasteiger partial charge on any atom is 0.573 e. The van der Waals surface area contributed by atoms with E-state index in [9.17, 15) is 18.0 Å². The molecule has 0 bridgehead atoms. The van der Waals surface area contributed by atoms with E-state index >= 15 is 0 Å². The molecular weight excluding hydrogens is 383 g/mol. The highest BCUT2D eigenvalue weighted by Crippen LogP contribution is 2.27. The smallest absolute Gasteiger partial charge is 0.406 e. The third-order valence-electron chi connectivity index (χ3n) is 4.30. The number of anilines is 1. The zero-order chi connectivity index (χ0) is 20.6. The molecule has 1 aromatic heterocycles. The van der Waals surface area contributed by atoms with Gasteiger partial charge in [0.25, 0.3) is 5.91 Å². The number of aromatic nitrogens is 1. The van der Waals surface area contributed by atoms with Crippen LogP contribution in [-0.4, -0.2) is 17.3 Å². The number of nitrogens with one attached hydrogen (secondary N) is 1. The first-order valence-electron chi connectivity index (χ1n) is 8.55. The van der Waals surface area contributed by atoms with E-state index in [1.807, 2.05) is 18.2 Å². The van der Waals surface area contributed by atoms with Crippen molar-refractivity contribution in [2.45, 2.75) is 6.36 Å². The summed E-state index contributed by atoms with van der Waals surface area (Å²) >= 11 is 0. The fraction of sp³-hybridized carbons (Fsp3) is 0.0476. The minimum Gasteiger partial charge on any atom is -0.406 e. The number of ether oxygens (including phenoxy) is 1. The van der Waals surface area contributed by atoms with Crippen LogP contribution < -0.4 is 15.8 Å². The lowest BCUT2D eigenvalue weighted by molar-refractivity contribution is -0.274. The van der Waals surface area contributed by atoms with Gasteiger partial charge < -0.3 is 15.5 Å². The van der Waals surface area contributed by atoms with Crippen LogP contribution in [0.3, 0.4) is 0 Å². The number of carbonyl (C=O) groups is 1. The van der Waals surface area contributed by atoms with Gasteiger partial charge in [0.15, 0.2) is 0 Å². The summed E-state index contributed by atoms with van der Waals surface area (Å²) in [5.41, 5.74) is 8.09. The van der Waals surface area contributed by atoms with Crippen molar-refractivity contribution in [1.82, 2.24) is 4.98 Å². The molecule has 4 rings (SSSR count). The number of fused-ring (bicyclic) bond motifs is 3. The Bertz CT molecular complexity index is 1310. The van der Waals surface area contributed by atoms with Gasteiger partial charge in [0, 0.05) is 21.9 Å². The van der Waals surface area contributed by atoms with E-state index in [0.29, 0.717) is 11.0 Å². The summed E-state index contributed by atoms with van der Waals surface area (Å²) < 4.78 is 41.0. The van der Waals surface area contributed by atoms with Gasteiger partial charge in [-0.2, -0.15) is 0 Å². The summed E-state index contributed by atoms with van der Waals surface area (Å²) in [6, 6.07) is 17.3. The fourth-order valence-corrected chi connectivity index (χ4v) is 3.09. The molecule has 4 aromatic rings. The highest BCUT2D eigenvalue weighted by atomic mass is 19.4. The summed E-state index contributed by atoms with van der Waals surface area (Å²) in [6.45, 7) is 0. The molecule has 0 aliphatic carbocycles. The quantitative estimate of drug-likeness (QED) is 0.487. The van der Waals surface area contributed by atoms with E-state index in [1.165, 1.54) is 12.1 Å². The van der Waals surface area contributed by atoms with Crippen molar-refractivity contribution in [2.24, 2.45) is 4.99 Å². The number of nitrogens with two attached hydrogens (primary N) is 1. The molecule has 1 amide bonds. The molecule has 1 heterocycles. The van der Waals surface area contributed by atoms with Crippen LogP contribution in [0.1, 0.15) is 10.4 Å². The van der Waals surface area contributed by atoms with Crippen molar-refractivity contribution in [3.63, 3.8) is 0 Å². The molecule has 29 heavy (non-hydrogen) atoms. The lowest BCUT2D eigenvalue weighted by Crippen LogP contribution is -2.17. The number of carbonyl (C=O) groups excluding carboxylic acids is 1. The first-order chi connectivity index (χ1) is 13.8. The Morgan fingerprint density at radius 1 is 0.966 bits per heavy atom. The van der Waals surface area contributed by atoms with E-state index in [1.54, 1.807) is 24.3 Å². The maximum absolute atomic E-state index is 12.5. The summed E-state index contributed by atoms with van der Waals surface area (Å²) in [6.07, 6.45) is -4.84. The third-order valence-corrected chi connectivity index (χ3v) is 4.30. The minimum absolute atomic E-state index is 0.0182. The minimum atomic E-state index is -4.84. The number of nitrogens with zero attached hydrogens (tertiary/aromatic N) is 1. The number of para-hydroxylation sites is 1. The third kappa shape index (κ3) is 3.91. The molecule has 3 aromatic carbocycles. The number of benzene rings is 2. The van der Waals surface area contributed by atoms with Crippen molar-refractivity contribution in [3.05, 3.63) is 77.7 Å². The van der Waals surface area contributed by atoms with Gasteiger partial charge in [-0.15, -0.1) is 13.2 Å². The van der Waals surface area contributed by atoms with Crippen LogP contribution in [0, 0.1) is 0 Å². The maximum atomic E-state index is 12.5.